The summed E-state index contributed by atoms with van der Waals surface area (Å²) in [5.41, 5.74) is 1.35. The molecule has 0 N–H and O–H groups in total. The van der Waals surface area contributed by atoms with Gasteiger partial charge in [0.05, 0.1) is 18.8 Å². The molecule has 0 saturated carbocycles. The first-order valence-corrected chi connectivity index (χ1v) is 8.55. The number of ether oxygens (including phenoxy) is 2. The van der Waals surface area contributed by atoms with Gasteiger partial charge in [0.15, 0.2) is 5.82 Å². The van der Waals surface area contributed by atoms with E-state index in [9.17, 15) is 4.79 Å². The second-order valence-corrected chi connectivity index (χ2v) is 6.40. The van der Waals surface area contributed by atoms with E-state index in [0.29, 0.717) is 26.8 Å². The smallest absolute Gasteiger partial charge is 0.291 e. The van der Waals surface area contributed by atoms with Gasteiger partial charge in [-0.05, 0) is 36.4 Å². The topological polar surface area (TPSA) is 78.6 Å². The fourth-order valence-corrected chi connectivity index (χ4v) is 3.45. The van der Waals surface area contributed by atoms with Crippen molar-refractivity contribution in [1.82, 2.24) is 19.6 Å². The standard InChI is InChI=1S/C18H14N4O3S/c1-24-13-3-4-14(25-2)12(9-13)10-15-17(23)22-18(26-15)20-16(21-22)11-5-7-19-8-6-11/h3-10H,1-2H3. The Bertz CT molecular complexity index is 1180. The van der Waals surface area contributed by atoms with Gasteiger partial charge in [0.1, 0.15) is 11.5 Å². The predicted molar refractivity (Wildman–Crippen MR) is 98.7 cm³/mol. The number of nitrogens with zero attached hydrogens (tertiary/aromatic N) is 4. The van der Waals surface area contributed by atoms with Crippen LogP contribution < -0.4 is 19.6 Å². The number of pyridine rings is 1. The maximum Gasteiger partial charge on any atom is 0.291 e. The van der Waals surface area contributed by atoms with Crippen molar-refractivity contribution in [1.29, 1.82) is 0 Å². The molecule has 0 aliphatic rings. The minimum absolute atomic E-state index is 0.220. The molecule has 3 heterocycles. The van der Waals surface area contributed by atoms with E-state index in [1.165, 1.54) is 15.9 Å². The molecule has 3 aromatic heterocycles. The third-order valence-electron chi connectivity index (χ3n) is 3.84. The Morgan fingerprint density at radius 2 is 1.92 bits per heavy atom. The fourth-order valence-electron chi connectivity index (χ4n) is 2.55. The number of aromatic nitrogens is 4. The summed E-state index contributed by atoms with van der Waals surface area (Å²) >= 11 is 1.28. The Morgan fingerprint density at radius 1 is 1.12 bits per heavy atom. The Morgan fingerprint density at radius 3 is 2.62 bits per heavy atom. The average molecular weight is 366 g/mol. The van der Waals surface area contributed by atoms with Crippen LogP contribution in [-0.4, -0.2) is 33.8 Å². The zero-order chi connectivity index (χ0) is 18.1. The first-order chi connectivity index (χ1) is 12.7. The Kier molecular flexibility index (Phi) is 4.10. The number of benzene rings is 1. The summed E-state index contributed by atoms with van der Waals surface area (Å²) in [5, 5.41) is 4.32. The van der Waals surface area contributed by atoms with Crippen LogP contribution in [0.1, 0.15) is 5.56 Å². The molecule has 130 valence electrons. The van der Waals surface area contributed by atoms with Gasteiger partial charge in [-0.2, -0.15) is 9.50 Å². The van der Waals surface area contributed by atoms with E-state index in [0.717, 1.165) is 11.1 Å². The van der Waals surface area contributed by atoms with Crippen LogP contribution in [0.15, 0.2) is 47.5 Å². The van der Waals surface area contributed by atoms with E-state index >= 15 is 0 Å². The molecule has 0 saturated heterocycles. The van der Waals surface area contributed by atoms with Gasteiger partial charge in [-0.15, -0.1) is 5.10 Å². The summed E-state index contributed by atoms with van der Waals surface area (Å²) < 4.78 is 12.4. The first kappa shape index (κ1) is 16.2. The van der Waals surface area contributed by atoms with Crippen molar-refractivity contribution >= 4 is 22.4 Å². The van der Waals surface area contributed by atoms with E-state index in [-0.39, 0.29) is 5.56 Å². The number of thiazole rings is 1. The second kappa shape index (κ2) is 6.57. The molecule has 1 aromatic carbocycles. The summed E-state index contributed by atoms with van der Waals surface area (Å²) in [5.74, 6) is 1.84. The number of hydrogen-bond acceptors (Lipinski definition) is 7. The van der Waals surface area contributed by atoms with Gasteiger partial charge < -0.3 is 9.47 Å². The highest BCUT2D eigenvalue weighted by molar-refractivity contribution is 7.15. The molecule has 4 aromatic rings. The SMILES string of the molecule is COc1ccc(OC)c(C=c2sc3nc(-c4ccncc4)nn3c2=O)c1. The lowest BCUT2D eigenvalue weighted by molar-refractivity contribution is 0.402. The molecule has 0 unspecified atom stereocenters. The lowest BCUT2D eigenvalue weighted by atomic mass is 10.2. The number of fused-ring (bicyclic) bond motifs is 1. The van der Waals surface area contributed by atoms with Crippen molar-refractivity contribution in [2.75, 3.05) is 14.2 Å². The van der Waals surface area contributed by atoms with Crippen LogP contribution in [-0.2, 0) is 0 Å². The van der Waals surface area contributed by atoms with Crippen molar-refractivity contribution < 1.29 is 9.47 Å². The molecule has 7 nitrogen and oxygen atoms in total. The number of methoxy groups -OCH3 is 2. The minimum atomic E-state index is -0.220. The van der Waals surface area contributed by atoms with Crippen molar-refractivity contribution in [3.63, 3.8) is 0 Å². The quantitative estimate of drug-likeness (QED) is 0.548. The fraction of sp³-hybridized carbons (Fsp3) is 0.111. The summed E-state index contributed by atoms with van der Waals surface area (Å²) in [6.45, 7) is 0. The van der Waals surface area contributed by atoms with Crippen LogP contribution in [0.3, 0.4) is 0 Å². The zero-order valence-electron chi connectivity index (χ0n) is 14.0. The van der Waals surface area contributed by atoms with Gasteiger partial charge >= 0.3 is 0 Å². The molecule has 8 heteroatoms. The lowest BCUT2D eigenvalue weighted by Crippen LogP contribution is -2.23. The molecule has 0 spiro atoms. The van der Waals surface area contributed by atoms with Crippen molar-refractivity contribution in [3.05, 3.63) is 63.2 Å². The molecule has 0 bridgehead atoms. The van der Waals surface area contributed by atoms with E-state index in [1.54, 1.807) is 57.0 Å². The maximum absolute atomic E-state index is 12.7. The molecule has 0 fully saturated rings. The van der Waals surface area contributed by atoms with Gasteiger partial charge in [-0.25, -0.2) is 0 Å². The predicted octanol–water partition coefficient (Wildman–Crippen LogP) is 1.78. The van der Waals surface area contributed by atoms with Gasteiger partial charge in [0.2, 0.25) is 4.96 Å². The number of rotatable bonds is 4. The van der Waals surface area contributed by atoms with Crippen LogP contribution in [0, 0.1) is 0 Å². The zero-order valence-corrected chi connectivity index (χ0v) is 14.9. The maximum atomic E-state index is 12.7. The van der Waals surface area contributed by atoms with Crippen molar-refractivity contribution in [2.45, 2.75) is 0 Å². The second-order valence-electron chi connectivity index (χ2n) is 5.39. The summed E-state index contributed by atoms with van der Waals surface area (Å²) in [4.78, 5) is 21.6. The summed E-state index contributed by atoms with van der Waals surface area (Å²) in [7, 11) is 3.18. The highest BCUT2D eigenvalue weighted by Gasteiger charge is 2.12. The molecule has 26 heavy (non-hydrogen) atoms. The lowest BCUT2D eigenvalue weighted by Gasteiger charge is -2.06. The van der Waals surface area contributed by atoms with E-state index in [4.69, 9.17) is 9.47 Å². The van der Waals surface area contributed by atoms with Gasteiger partial charge in [0, 0.05) is 23.5 Å². The van der Waals surface area contributed by atoms with Crippen LogP contribution in [0.25, 0.3) is 22.4 Å². The Balaban J connectivity index is 1.84. The number of hydrogen-bond donors (Lipinski definition) is 0. The molecular formula is C18H14N4O3S. The van der Waals surface area contributed by atoms with Crippen molar-refractivity contribution in [2.24, 2.45) is 0 Å². The molecular weight excluding hydrogens is 352 g/mol. The van der Waals surface area contributed by atoms with Crippen LogP contribution in [0.2, 0.25) is 0 Å². The molecule has 0 radical (unpaired) electrons. The van der Waals surface area contributed by atoms with Gasteiger partial charge in [0.25, 0.3) is 5.56 Å². The molecule has 0 aliphatic heterocycles. The normalized spacial score (nSPS) is 11.8. The Labute approximate surface area is 152 Å². The highest BCUT2D eigenvalue weighted by atomic mass is 32.1. The summed E-state index contributed by atoms with van der Waals surface area (Å²) in [6, 6.07) is 9.03. The first-order valence-electron chi connectivity index (χ1n) is 7.73. The van der Waals surface area contributed by atoms with Crippen molar-refractivity contribution in [3.8, 4) is 22.9 Å². The largest absolute Gasteiger partial charge is 0.497 e. The van der Waals surface area contributed by atoms with E-state index in [2.05, 4.69) is 15.1 Å². The Hall–Kier alpha value is -3.26. The minimum Gasteiger partial charge on any atom is -0.497 e. The van der Waals surface area contributed by atoms with Crippen LogP contribution in [0.5, 0.6) is 11.5 Å². The van der Waals surface area contributed by atoms with Gasteiger partial charge in [-0.1, -0.05) is 11.3 Å². The third-order valence-corrected chi connectivity index (χ3v) is 4.80. The van der Waals surface area contributed by atoms with Crippen LogP contribution >= 0.6 is 11.3 Å². The third kappa shape index (κ3) is 2.80. The molecule has 0 atom stereocenters. The summed E-state index contributed by atoms with van der Waals surface area (Å²) in [6.07, 6.45) is 5.09. The van der Waals surface area contributed by atoms with Crippen LogP contribution in [0.4, 0.5) is 0 Å². The van der Waals surface area contributed by atoms with E-state index < -0.39 is 0 Å². The average Bonchev–Trinajstić information content (AvgIpc) is 3.22. The van der Waals surface area contributed by atoms with Gasteiger partial charge in [-0.3, -0.25) is 9.78 Å². The molecule has 0 aliphatic carbocycles. The molecule has 4 rings (SSSR count). The highest BCUT2D eigenvalue weighted by Crippen LogP contribution is 2.24. The molecule has 0 amide bonds. The monoisotopic (exact) mass is 366 g/mol. The van der Waals surface area contributed by atoms with E-state index in [1.807, 2.05) is 6.07 Å².